The van der Waals surface area contributed by atoms with E-state index in [2.05, 4.69) is 0 Å². The first kappa shape index (κ1) is 15.0. The SMILES string of the molecule is CCN(CC)C(=S)SC(C(N)=O)c1ccccc1. The number of rotatable bonds is 5. The standard InChI is InChI=1S/C13H18N2OS2/c1-3-15(4-2)13(17)18-11(12(14)16)10-8-6-5-7-9-10/h5-9,11H,3-4H2,1-2H3,(H2,14,16). The summed E-state index contributed by atoms with van der Waals surface area (Å²) in [6.07, 6.45) is 0. The molecule has 0 aliphatic carbocycles. The van der Waals surface area contributed by atoms with Crippen LogP contribution in [0.4, 0.5) is 0 Å². The van der Waals surface area contributed by atoms with E-state index in [1.165, 1.54) is 11.8 Å². The number of nitrogens with two attached hydrogens (primary N) is 1. The van der Waals surface area contributed by atoms with Crippen molar-refractivity contribution >= 4 is 34.2 Å². The van der Waals surface area contributed by atoms with Crippen molar-refractivity contribution in [1.82, 2.24) is 4.90 Å². The Morgan fingerprint density at radius 2 is 1.89 bits per heavy atom. The van der Waals surface area contributed by atoms with Crippen molar-refractivity contribution in [2.75, 3.05) is 13.1 Å². The quantitative estimate of drug-likeness (QED) is 0.843. The molecule has 0 saturated heterocycles. The highest BCUT2D eigenvalue weighted by Gasteiger charge is 2.22. The number of carbonyl (C=O) groups is 1. The highest BCUT2D eigenvalue weighted by Crippen LogP contribution is 2.30. The number of primary amides is 1. The lowest BCUT2D eigenvalue weighted by atomic mass is 10.1. The Labute approximate surface area is 118 Å². The molecule has 0 spiro atoms. The summed E-state index contributed by atoms with van der Waals surface area (Å²) in [5, 5.41) is -0.417. The molecular formula is C13H18N2OS2. The van der Waals surface area contributed by atoms with Gasteiger partial charge < -0.3 is 10.6 Å². The van der Waals surface area contributed by atoms with E-state index in [0.717, 1.165) is 18.7 Å². The Kier molecular flexibility index (Phi) is 6.15. The van der Waals surface area contributed by atoms with Gasteiger partial charge in [0.05, 0.1) is 0 Å². The van der Waals surface area contributed by atoms with E-state index in [9.17, 15) is 4.79 Å². The summed E-state index contributed by atoms with van der Waals surface area (Å²) in [5.41, 5.74) is 6.36. The second kappa shape index (κ2) is 7.38. The number of amides is 1. The minimum Gasteiger partial charge on any atom is -0.368 e. The third-order valence-corrected chi connectivity index (χ3v) is 4.35. The average Bonchev–Trinajstić information content (AvgIpc) is 2.38. The zero-order chi connectivity index (χ0) is 13.5. The topological polar surface area (TPSA) is 46.3 Å². The van der Waals surface area contributed by atoms with Crippen molar-refractivity contribution < 1.29 is 4.79 Å². The lowest BCUT2D eigenvalue weighted by Crippen LogP contribution is -2.29. The first-order chi connectivity index (χ1) is 8.60. The number of thiocarbonyl (C=S) groups is 1. The van der Waals surface area contributed by atoms with Gasteiger partial charge in [0.1, 0.15) is 9.57 Å². The van der Waals surface area contributed by atoms with Crippen molar-refractivity contribution in [3.63, 3.8) is 0 Å². The molecule has 1 unspecified atom stereocenters. The van der Waals surface area contributed by atoms with Crippen LogP contribution in [0.5, 0.6) is 0 Å². The third kappa shape index (κ3) is 3.99. The predicted molar refractivity (Wildman–Crippen MR) is 81.5 cm³/mol. The largest absolute Gasteiger partial charge is 0.368 e. The fraction of sp³-hybridized carbons (Fsp3) is 0.385. The monoisotopic (exact) mass is 282 g/mol. The van der Waals surface area contributed by atoms with Crippen LogP contribution in [-0.2, 0) is 4.79 Å². The molecule has 0 aliphatic heterocycles. The normalized spacial score (nSPS) is 11.9. The van der Waals surface area contributed by atoms with Gasteiger partial charge in [-0.1, -0.05) is 54.3 Å². The molecule has 1 aromatic rings. The second-order valence-corrected chi connectivity index (χ2v) is 5.49. The lowest BCUT2D eigenvalue weighted by molar-refractivity contribution is -0.117. The van der Waals surface area contributed by atoms with E-state index < -0.39 is 5.25 Å². The molecule has 0 aliphatic rings. The molecule has 98 valence electrons. The van der Waals surface area contributed by atoms with Gasteiger partial charge in [-0.2, -0.15) is 0 Å². The van der Waals surface area contributed by atoms with E-state index in [0.29, 0.717) is 4.32 Å². The van der Waals surface area contributed by atoms with Gasteiger partial charge in [-0.15, -0.1) is 0 Å². The molecule has 0 radical (unpaired) electrons. The highest BCUT2D eigenvalue weighted by atomic mass is 32.2. The van der Waals surface area contributed by atoms with E-state index in [-0.39, 0.29) is 5.91 Å². The molecular weight excluding hydrogens is 264 g/mol. The Morgan fingerprint density at radius 3 is 2.33 bits per heavy atom. The van der Waals surface area contributed by atoms with Crippen LogP contribution in [0.3, 0.4) is 0 Å². The average molecular weight is 282 g/mol. The van der Waals surface area contributed by atoms with Crippen LogP contribution < -0.4 is 5.73 Å². The molecule has 0 aromatic heterocycles. The van der Waals surface area contributed by atoms with Crippen LogP contribution in [0.2, 0.25) is 0 Å². The first-order valence-corrected chi connectivity index (χ1v) is 7.18. The fourth-order valence-electron chi connectivity index (χ4n) is 1.58. The van der Waals surface area contributed by atoms with E-state index >= 15 is 0 Å². The molecule has 0 bridgehead atoms. The van der Waals surface area contributed by atoms with Gasteiger partial charge in [-0.3, -0.25) is 4.79 Å². The van der Waals surface area contributed by atoms with Crippen LogP contribution in [-0.4, -0.2) is 28.2 Å². The fourth-order valence-corrected chi connectivity index (χ4v) is 3.14. The number of thioether (sulfide) groups is 1. The Hall–Kier alpha value is -1.07. The van der Waals surface area contributed by atoms with Gasteiger partial charge >= 0.3 is 0 Å². The summed E-state index contributed by atoms with van der Waals surface area (Å²) in [6.45, 7) is 5.75. The summed E-state index contributed by atoms with van der Waals surface area (Å²) >= 11 is 6.70. The van der Waals surface area contributed by atoms with Crippen LogP contribution in [0.15, 0.2) is 30.3 Å². The van der Waals surface area contributed by atoms with Crippen LogP contribution in [0.25, 0.3) is 0 Å². The summed E-state index contributed by atoms with van der Waals surface area (Å²) in [4.78, 5) is 13.6. The molecule has 1 atom stereocenters. The zero-order valence-corrected chi connectivity index (χ0v) is 12.3. The number of benzene rings is 1. The van der Waals surface area contributed by atoms with E-state index in [4.69, 9.17) is 18.0 Å². The first-order valence-electron chi connectivity index (χ1n) is 5.90. The van der Waals surface area contributed by atoms with Gasteiger partial charge in [0.25, 0.3) is 0 Å². The Bertz CT molecular complexity index is 405. The minimum absolute atomic E-state index is 0.360. The predicted octanol–water partition coefficient (Wildman–Crippen LogP) is 2.57. The van der Waals surface area contributed by atoms with Gasteiger partial charge in [0.2, 0.25) is 5.91 Å². The van der Waals surface area contributed by atoms with Gasteiger partial charge in [0.15, 0.2) is 0 Å². The van der Waals surface area contributed by atoms with Crippen molar-refractivity contribution in [3.8, 4) is 0 Å². The maximum Gasteiger partial charge on any atom is 0.235 e. The molecule has 1 rings (SSSR count). The van der Waals surface area contributed by atoms with Crippen molar-refractivity contribution in [2.24, 2.45) is 5.73 Å². The van der Waals surface area contributed by atoms with Gasteiger partial charge in [0, 0.05) is 13.1 Å². The molecule has 0 fully saturated rings. The van der Waals surface area contributed by atoms with E-state index in [1.54, 1.807) is 0 Å². The smallest absolute Gasteiger partial charge is 0.235 e. The zero-order valence-electron chi connectivity index (χ0n) is 10.6. The molecule has 1 aromatic carbocycles. The lowest BCUT2D eigenvalue weighted by Gasteiger charge is -2.23. The molecule has 0 saturated carbocycles. The van der Waals surface area contributed by atoms with Crippen molar-refractivity contribution in [1.29, 1.82) is 0 Å². The Morgan fingerprint density at radius 1 is 1.33 bits per heavy atom. The second-order valence-electron chi connectivity index (χ2n) is 3.75. The van der Waals surface area contributed by atoms with Crippen LogP contribution in [0, 0.1) is 0 Å². The summed E-state index contributed by atoms with van der Waals surface area (Å²) in [5.74, 6) is -0.360. The Balaban J connectivity index is 2.82. The molecule has 2 N–H and O–H groups in total. The highest BCUT2D eigenvalue weighted by molar-refractivity contribution is 8.23. The summed E-state index contributed by atoms with van der Waals surface area (Å²) in [7, 11) is 0. The third-order valence-electron chi connectivity index (χ3n) is 2.60. The van der Waals surface area contributed by atoms with Crippen LogP contribution in [0.1, 0.15) is 24.7 Å². The number of nitrogens with zero attached hydrogens (tertiary/aromatic N) is 1. The molecule has 0 heterocycles. The molecule has 1 amide bonds. The molecule has 18 heavy (non-hydrogen) atoms. The molecule has 5 heteroatoms. The van der Waals surface area contributed by atoms with Gasteiger partial charge in [-0.05, 0) is 19.4 Å². The summed E-state index contributed by atoms with van der Waals surface area (Å²) < 4.78 is 0.715. The van der Waals surface area contributed by atoms with Crippen LogP contribution >= 0.6 is 24.0 Å². The van der Waals surface area contributed by atoms with Crippen molar-refractivity contribution in [3.05, 3.63) is 35.9 Å². The van der Waals surface area contributed by atoms with Crippen molar-refractivity contribution in [2.45, 2.75) is 19.1 Å². The minimum atomic E-state index is -0.417. The van der Waals surface area contributed by atoms with E-state index in [1.807, 2.05) is 49.1 Å². The maximum absolute atomic E-state index is 11.6. The number of carbonyl (C=O) groups excluding carboxylic acids is 1. The maximum atomic E-state index is 11.6. The molecule has 3 nitrogen and oxygen atoms in total. The van der Waals surface area contributed by atoms with Gasteiger partial charge in [-0.25, -0.2) is 0 Å². The summed E-state index contributed by atoms with van der Waals surface area (Å²) in [6, 6.07) is 9.49. The number of hydrogen-bond donors (Lipinski definition) is 1. The number of hydrogen-bond acceptors (Lipinski definition) is 3.